The number of nitrogens with zero attached hydrogens (tertiary/aromatic N) is 3. The van der Waals surface area contributed by atoms with Gasteiger partial charge >= 0.3 is 0 Å². The second kappa shape index (κ2) is 8.90. The van der Waals surface area contributed by atoms with E-state index in [1.54, 1.807) is 20.4 Å². The fraction of sp³-hybridized carbons (Fsp3) is 0.471. The van der Waals surface area contributed by atoms with Crippen LogP contribution in [0, 0.1) is 0 Å². The van der Waals surface area contributed by atoms with Crippen molar-refractivity contribution in [3.8, 4) is 5.88 Å². The highest BCUT2D eigenvalue weighted by atomic mass is 16.5. The summed E-state index contributed by atoms with van der Waals surface area (Å²) >= 11 is 0. The van der Waals surface area contributed by atoms with Crippen LogP contribution in [0.5, 0.6) is 5.88 Å². The van der Waals surface area contributed by atoms with Gasteiger partial charge in [-0.15, -0.1) is 0 Å². The van der Waals surface area contributed by atoms with Crippen LogP contribution in [0.3, 0.4) is 0 Å². The zero-order chi connectivity index (χ0) is 17.4. The van der Waals surface area contributed by atoms with Crippen molar-refractivity contribution >= 4 is 5.96 Å². The van der Waals surface area contributed by atoms with Crippen LogP contribution in [0.4, 0.5) is 0 Å². The number of pyridine rings is 1. The van der Waals surface area contributed by atoms with Gasteiger partial charge in [-0.3, -0.25) is 4.99 Å². The van der Waals surface area contributed by atoms with Crippen molar-refractivity contribution in [1.82, 2.24) is 20.8 Å². The molecule has 2 heterocycles. The summed E-state index contributed by atoms with van der Waals surface area (Å²) in [5.74, 6) is 2.23. The quantitative estimate of drug-likeness (QED) is 0.597. The largest absolute Gasteiger partial charge is 0.481 e. The molecule has 2 N–H and O–H groups in total. The number of aromatic nitrogens is 2. The van der Waals surface area contributed by atoms with Gasteiger partial charge in [0.2, 0.25) is 5.88 Å². The zero-order valence-electron chi connectivity index (χ0n) is 14.7. The SMILES string of the molecule is CCc1noc(CC)c1CNC(=NC)NCc1cccnc1OC. The molecule has 0 amide bonds. The first-order chi connectivity index (χ1) is 11.7. The van der Waals surface area contributed by atoms with Gasteiger partial charge < -0.3 is 19.9 Å². The molecule has 24 heavy (non-hydrogen) atoms. The van der Waals surface area contributed by atoms with E-state index < -0.39 is 0 Å². The van der Waals surface area contributed by atoms with Crippen molar-refractivity contribution < 1.29 is 9.26 Å². The maximum atomic E-state index is 5.39. The molecule has 2 aromatic rings. The number of aryl methyl sites for hydroxylation is 2. The van der Waals surface area contributed by atoms with Crippen LogP contribution in [0.15, 0.2) is 27.8 Å². The summed E-state index contributed by atoms with van der Waals surface area (Å²) in [7, 11) is 3.36. The van der Waals surface area contributed by atoms with E-state index in [2.05, 4.69) is 39.6 Å². The van der Waals surface area contributed by atoms with Gasteiger partial charge in [0.1, 0.15) is 5.76 Å². The number of nitrogens with one attached hydrogen (secondary N) is 2. The summed E-state index contributed by atoms with van der Waals surface area (Å²) in [6.45, 7) is 5.33. The van der Waals surface area contributed by atoms with E-state index in [0.717, 1.165) is 35.4 Å². The van der Waals surface area contributed by atoms with Gasteiger partial charge in [0.05, 0.1) is 12.8 Å². The lowest BCUT2D eigenvalue weighted by molar-refractivity contribution is 0.380. The molecule has 0 saturated carbocycles. The molecule has 0 saturated heterocycles. The van der Waals surface area contributed by atoms with Crippen molar-refractivity contribution in [2.45, 2.75) is 39.8 Å². The molecule has 0 spiro atoms. The monoisotopic (exact) mass is 331 g/mol. The second-order valence-corrected chi connectivity index (χ2v) is 5.19. The Morgan fingerprint density at radius 2 is 2.04 bits per heavy atom. The minimum Gasteiger partial charge on any atom is -0.481 e. The lowest BCUT2D eigenvalue weighted by Crippen LogP contribution is -2.36. The fourth-order valence-corrected chi connectivity index (χ4v) is 2.45. The summed E-state index contributed by atoms with van der Waals surface area (Å²) in [5.41, 5.74) is 3.07. The third kappa shape index (κ3) is 4.24. The van der Waals surface area contributed by atoms with Crippen LogP contribution in [0.25, 0.3) is 0 Å². The van der Waals surface area contributed by atoms with E-state index in [4.69, 9.17) is 9.26 Å². The Morgan fingerprint density at radius 1 is 1.25 bits per heavy atom. The van der Waals surface area contributed by atoms with Crippen molar-refractivity contribution in [2.75, 3.05) is 14.2 Å². The second-order valence-electron chi connectivity index (χ2n) is 5.19. The fourth-order valence-electron chi connectivity index (χ4n) is 2.45. The maximum absolute atomic E-state index is 5.39. The van der Waals surface area contributed by atoms with Crippen LogP contribution in [-0.4, -0.2) is 30.3 Å². The number of hydrogen-bond donors (Lipinski definition) is 2. The van der Waals surface area contributed by atoms with Crippen molar-refractivity contribution in [1.29, 1.82) is 0 Å². The van der Waals surface area contributed by atoms with Gasteiger partial charge in [0.25, 0.3) is 0 Å². The first-order valence-corrected chi connectivity index (χ1v) is 8.12. The van der Waals surface area contributed by atoms with Crippen molar-refractivity contribution in [3.05, 3.63) is 40.9 Å². The van der Waals surface area contributed by atoms with E-state index in [0.29, 0.717) is 24.9 Å². The smallest absolute Gasteiger partial charge is 0.218 e. The van der Waals surface area contributed by atoms with Gasteiger partial charge in [0.15, 0.2) is 5.96 Å². The van der Waals surface area contributed by atoms with E-state index >= 15 is 0 Å². The molecule has 0 fully saturated rings. The molecule has 0 aliphatic heterocycles. The summed E-state index contributed by atoms with van der Waals surface area (Å²) in [6, 6.07) is 3.85. The van der Waals surface area contributed by atoms with Crippen LogP contribution >= 0.6 is 0 Å². The molecule has 0 aliphatic carbocycles. The molecule has 0 atom stereocenters. The normalized spacial score (nSPS) is 11.4. The third-order valence-corrected chi connectivity index (χ3v) is 3.75. The van der Waals surface area contributed by atoms with Crippen LogP contribution in [0.1, 0.15) is 36.4 Å². The van der Waals surface area contributed by atoms with E-state index in [1.165, 1.54) is 0 Å². The lowest BCUT2D eigenvalue weighted by atomic mass is 10.1. The summed E-state index contributed by atoms with van der Waals surface area (Å²) in [4.78, 5) is 8.44. The highest BCUT2D eigenvalue weighted by molar-refractivity contribution is 5.79. The van der Waals surface area contributed by atoms with Gasteiger partial charge in [-0.05, 0) is 12.5 Å². The highest BCUT2D eigenvalue weighted by Gasteiger charge is 2.13. The van der Waals surface area contributed by atoms with Gasteiger partial charge in [0, 0.05) is 43.9 Å². The van der Waals surface area contributed by atoms with Crippen molar-refractivity contribution in [2.24, 2.45) is 4.99 Å². The molecular formula is C17H25N5O2. The minimum atomic E-state index is 0.571. The molecule has 0 unspecified atom stereocenters. The summed E-state index contributed by atoms with van der Waals surface area (Å²) in [6.07, 6.45) is 3.38. The van der Waals surface area contributed by atoms with Gasteiger partial charge in [-0.2, -0.15) is 0 Å². The van der Waals surface area contributed by atoms with Gasteiger partial charge in [-0.25, -0.2) is 4.98 Å². The Kier molecular flexibility index (Phi) is 6.60. The molecule has 0 aliphatic rings. The molecule has 0 radical (unpaired) electrons. The minimum absolute atomic E-state index is 0.571. The van der Waals surface area contributed by atoms with Crippen molar-refractivity contribution in [3.63, 3.8) is 0 Å². The number of rotatable bonds is 7. The van der Waals surface area contributed by atoms with Crippen LogP contribution < -0.4 is 15.4 Å². The zero-order valence-corrected chi connectivity index (χ0v) is 14.7. The summed E-state index contributed by atoms with van der Waals surface area (Å²) < 4.78 is 10.6. The number of guanidine groups is 1. The molecule has 0 aromatic carbocycles. The Hall–Kier alpha value is -2.57. The van der Waals surface area contributed by atoms with E-state index in [-0.39, 0.29) is 0 Å². The Morgan fingerprint density at radius 3 is 2.71 bits per heavy atom. The number of ether oxygens (including phenoxy) is 1. The van der Waals surface area contributed by atoms with Crippen LogP contribution in [-0.2, 0) is 25.9 Å². The lowest BCUT2D eigenvalue weighted by Gasteiger charge is -2.13. The molecule has 2 aromatic heterocycles. The average Bonchev–Trinajstić information content (AvgIpc) is 3.04. The number of methoxy groups -OCH3 is 1. The first kappa shape index (κ1) is 17.8. The standard InChI is InChI=1S/C17H25N5O2/c1-5-14-13(15(6-2)24-22-14)11-21-17(18-3)20-10-12-8-7-9-19-16(12)23-4/h7-9H,5-6,10-11H2,1-4H3,(H2,18,20,21). The molecule has 130 valence electrons. The molecule has 7 nitrogen and oxygen atoms in total. The van der Waals surface area contributed by atoms with Gasteiger partial charge in [-0.1, -0.05) is 25.1 Å². The maximum Gasteiger partial charge on any atom is 0.218 e. The topological polar surface area (TPSA) is 84.6 Å². The van der Waals surface area contributed by atoms with E-state index in [1.807, 2.05) is 12.1 Å². The Labute approximate surface area is 142 Å². The Bertz CT molecular complexity index is 660. The first-order valence-electron chi connectivity index (χ1n) is 8.12. The third-order valence-electron chi connectivity index (χ3n) is 3.75. The number of aliphatic imine (C=N–C) groups is 1. The summed E-state index contributed by atoms with van der Waals surface area (Å²) in [5, 5.41) is 10.7. The van der Waals surface area contributed by atoms with E-state index in [9.17, 15) is 0 Å². The Balaban J connectivity index is 1.97. The molecule has 7 heteroatoms. The predicted octanol–water partition coefficient (Wildman–Crippen LogP) is 2.07. The predicted molar refractivity (Wildman–Crippen MR) is 93.1 cm³/mol. The molecule has 0 bridgehead atoms. The average molecular weight is 331 g/mol. The van der Waals surface area contributed by atoms with Crippen LogP contribution in [0.2, 0.25) is 0 Å². The molecule has 2 rings (SSSR count). The molecular weight excluding hydrogens is 306 g/mol. The number of hydrogen-bond acceptors (Lipinski definition) is 5. The highest BCUT2D eigenvalue weighted by Crippen LogP contribution is 2.15.